The molecule has 0 saturated carbocycles. The molecular formula is C18H22N2O3. The Balaban J connectivity index is 1.84. The maximum Gasteiger partial charge on any atom is 0.355 e. The highest BCUT2D eigenvalue weighted by atomic mass is 16.5. The van der Waals surface area contributed by atoms with Crippen molar-refractivity contribution in [3.63, 3.8) is 0 Å². The molecule has 0 aliphatic heterocycles. The maximum atomic E-state index is 12.1. The van der Waals surface area contributed by atoms with Crippen LogP contribution in [0.4, 0.5) is 0 Å². The van der Waals surface area contributed by atoms with Crippen molar-refractivity contribution in [1.29, 1.82) is 0 Å². The van der Waals surface area contributed by atoms with Crippen molar-refractivity contribution in [3.8, 4) is 0 Å². The Morgan fingerprint density at radius 2 is 1.91 bits per heavy atom. The number of carbonyl (C=O) groups is 2. The van der Waals surface area contributed by atoms with Crippen molar-refractivity contribution < 1.29 is 14.3 Å². The molecule has 0 aliphatic rings. The number of amides is 1. The molecule has 0 fully saturated rings. The predicted molar refractivity (Wildman–Crippen MR) is 88.2 cm³/mol. The number of hydrogen-bond acceptors (Lipinski definition) is 3. The van der Waals surface area contributed by atoms with E-state index in [2.05, 4.69) is 29.4 Å². The SMILES string of the molecule is CC[C@H](CNC(=O)[C@H](C)OC(=O)c1ccc[nH]1)c1ccccc1. The van der Waals surface area contributed by atoms with Gasteiger partial charge in [-0.3, -0.25) is 4.79 Å². The highest BCUT2D eigenvalue weighted by Crippen LogP contribution is 2.18. The fraction of sp³-hybridized carbons (Fsp3) is 0.333. The molecular weight excluding hydrogens is 292 g/mol. The second-order valence-electron chi connectivity index (χ2n) is 5.39. The Morgan fingerprint density at radius 1 is 1.17 bits per heavy atom. The van der Waals surface area contributed by atoms with Crippen LogP contribution in [0.5, 0.6) is 0 Å². The van der Waals surface area contributed by atoms with Crippen LogP contribution in [-0.4, -0.2) is 29.5 Å². The van der Waals surface area contributed by atoms with E-state index in [9.17, 15) is 9.59 Å². The molecule has 1 amide bonds. The van der Waals surface area contributed by atoms with Crippen molar-refractivity contribution in [3.05, 3.63) is 59.9 Å². The van der Waals surface area contributed by atoms with Gasteiger partial charge in [0.15, 0.2) is 6.10 Å². The first kappa shape index (κ1) is 16.8. The van der Waals surface area contributed by atoms with Crippen LogP contribution in [0.15, 0.2) is 48.7 Å². The summed E-state index contributed by atoms with van der Waals surface area (Å²) in [6.07, 6.45) is 1.72. The van der Waals surface area contributed by atoms with Gasteiger partial charge in [0.1, 0.15) is 5.69 Å². The smallest absolute Gasteiger partial charge is 0.355 e. The number of ether oxygens (including phenoxy) is 1. The van der Waals surface area contributed by atoms with E-state index >= 15 is 0 Å². The topological polar surface area (TPSA) is 71.2 Å². The Morgan fingerprint density at radius 3 is 2.52 bits per heavy atom. The average Bonchev–Trinajstić information content (AvgIpc) is 3.10. The molecule has 2 atom stereocenters. The van der Waals surface area contributed by atoms with Gasteiger partial charge in [0.25, 0.3) is 5.91 Å². The lowest BCUT2D eigenvalue weighted by molar-refractivity contribution is -0.129. The Bertz CT molecular complexity index is 623. The number of aromatic amines is 1. The third kappa shape index (κ3) is 4.71. The molecule has 122 valence electrons. The molecule has 1 aromatic heterocycles. The molecule has 1 heterocycles. The summed E-state index contributed by atoms with van der Waals surface area (Å²) < 4.78 is 5.15. The first-order chi connectivity index (χ1) is 11.1. The summed E-state index contributed by atoms with van der Waals surface area (Å²) >= 11 is 0. The normalized spacial score (nSPS) is 13.1. The van der Waals surface area contributed by atoms with Gasteiger partial charge in [-0.1, -0.05) is 37.3 Å². The first-order valence-corrected chi connectivity index (χ1v) is 7.78. The summed E-state index contributed by atoms with van der Waals surface area (Å²) in [5.74, 6) is -0.585. The van der Waals surface area contributed by atoms with E-state index in [0.29, 0.717) is 12.2 Å². The summed E-state index contributed by atoms with van der Waals surface area (Å²) in [7, 11) is 0. The zero-order valence-corrected chi connectivity index (χ0v) is 13.4. The molecule has 2 rings (SSSR count). The number of hydrogen-bond donors (Lipinski definition) is 2. The van der Waals surface area contributed by atoms with Gasteiger partial charge in [0.05, 0.1) is 0 Å². The lowest BCUT2D eigenvalue weighted by Crippen LogP contribution is -2.38. The molecule has 0 saturated heterocycles. The second kappa shape index (κ2) is 8.17. The number of esters is 1. The molecule has 2 N–H and O–H groups in total. The van der Waals surface area contributed by atoms with Gasteiger partial charge < -0.3 is 15.0 Å². The van der Waals surface area contributed by atoms with Gasteiger partial charge in [-0.2, -0.15) is 0 Å². The zero-order chi connectivity index (χ0) is 16.7. The molecule has 5 nitrogen and oxygen atoms in total. The monoisotopic (exact) mass is 314 g/mol. The quantitative estimate of drug-likeness (QED) is 0.772. The third-order valence-electron chi connectivity index (χ3n) is 3.76. The lowest BCUT2D eigenvalue weighted by Gasteiger charge is -2.18. The van der Waals surface area contributed by atoms with Crippen molar-refractivity contribution in [2.24, 2.45) is 0 Å². The number of carbonyl (C=O) groups excluding carboxylic acids is 2. The van der Waals surface area contributed by atoms with Crippen molar-refractivity contribution in [1.82, 2.24) is 10.3 Å². The number of aromatic nitrogens is 1. The fourth-order valence-corrected chi connectivity index (χ4v) is 2.33. The van der Waals surface area contributed by atoms with E-state index in [-0.39, 0.29) is 11.8 Å². The van der Waals surface area contributed by atoms with Crippen LogP contribution >= 0.6 is 0 Å². The lowest BCUT2D eigenvalue weighted by atomic mass is 9.96. The highest BCUT2D eigenvalue weighted by Gasteiger charge is 2.20. The van der Waals surface area contributed by atoms with Crippen molar-refractivity contribution in [2.75, 3.05) is 6.54 Å². The van der Waals surface area contributed by atoms with Gasteiger partial charge in [0.2, 0.25) is 0 Å². The van der Waals surface area contributed by atoms with Gasteiger partial charge in [-0.05, 0) is 31.0 Å². The molecule has 5 heteroatoms. The van der Waals surface area contributed by atoms with Crippen molar-refractivity contribution in [2.45, 2.75) is 32.3 Å². The van der Waals surface area contributed by atoms with Crippen LogP contribution in [0, 0.1) is 0 Å². The van der Waals surface area contributed by atoms with Crippen molar-refractivity contribution >= 4 is 11.9 Å². The minimum atomic E-state index is -0.834. The van der Waals surface area contributed by atoms with Gasteiger partial charge in [-0.15, -0.1) is 0 Å². The predicted octanol–water partition coefficient (Wildman–Crippen LogP) is 2.87. The molecule has 0 bridgehead atoms. The molecule has 0 radical (unpaired) electrons. The maximum absolute atomic E-state index is 12.1. The molecule has 1 aromatic carbocycles. The molecule has 0 aliphatic carbocycles. The summed E-state index contributed by atoms with van der Waals surface area (Å²) in [6, 6.07) is 13.4. The van der Waals surface area contributed by atoms with Crippen LogP contribution in [0.1, 0.15) is 42.2 Å². The highest BCUT2D eigenvalue weighted by molar-refractivity contribution is 5.90. The third-order valence-corrected chi connectivity index (χ3v) is 3.76. The summed E-state index contributed by atoms with van der Waals surface area (Å²) in [5.41, 5.74) is 1.52. The minimum Gasteiger partial charge on any atom is -0.448 e. The standard InChI is InChI=1S/C18H22N2O3/c1-3-14(15-8-5-4-6-9-15)12-20-17(21)13(2)23-18(22)16-10-7-11-19-16/h4-11,13-14,19H,3,12H2,1-2H3,(H,20,21)/t13-,14+/m0/s1. The number of nitrogens with one attached hydrogen (secondary N) is 2. The second-order valence-corrected chi connectivity index (χ2v) is 5.39. The largest absolute Gasteiger partial charge is 0.448 e. The van der Waals surface area contributed by atoms with E-state index in [4.69, 9.17) is 4.74 Å². The molecule has 0 unspecified atom stereocenters. The number of rotatable bonds is 7. The van der Waals surface area contributed by atoms with E-state index < -0.39 is 12.1 Å². The average molecular weight is 314 g/mol. The summed E-state index contributed by atoms with van der Waals surface area (Å²) in [6.45, 7) is 4.17. The number of benzene rings is 1. The summed E-state index contributed by atoms with van der Waals surface area (Å²) in [5, 5.41) is 2.86. The van der Waals surface area contributed by atoms with E-state index in [1.165, 1.54) is 5.56 Å². The van der Waals surface area contributed by atoms with Crippen LogP contribution < -0.4 is 5.32 Å². The van der Waals surface area contributed by atoms with Gasteiger partial charge in [-0.25, -0.2) is 4.79 Å². The minimum absolute atomic E-state index is 0.242. The van der Waals surface area contributed by atoms with Crippen LogP contribution in [0.2, 0.25) is 0 Å². The van der Waals surface area contributed by atoms with Crippen LogP contribution in [0.3, 0.4) is 0 Å². The van der Waals surface area contributed by atoms with Crippen LogP contribution in [0.25, 0.3) is 0 Å². The molecule has 2 aromatic rings. The fourth-order valence-electron chi connectivity index (χ4n) is 2.33. The zero-order valence-electron chi connectivity index (χ0n) is 13.4. The summed E-state index contributed by atoms with van der Waals surface area (Å²) in [4.78, 5) is 26.7. The van der Waals surface area contributed by atoms with Gasteiger partial charge in [0, 0.05) is 18.7 Å². The van der Waals surface area contributed by atoms with E-state index in [0.717, 1.165) is 6.42 Å². The molecule has 0 spiro atoms. The Labute approximate surface area is 136 Å². The Hall–Kier alpha value is -2.56. The van der Waals surface area contributed by atoms with Gasteiger partial charge >= 0.3 is 5.97 Å². The first-order valence-electron chi connectivity index (χ1n) is 7.78. The molecule has 23 heavy (non-hydrogen) atoms. The van der Waals surface area contributed by atoms with E-state index in [1.54, 1.807) is 25.3 Å². The number of H-pyrrole nitrogens is 1. The van der Waals surface area contributed by atoms with Crippen LogP contribution in [-0.2, 0) is 9.53 Å². The van der Waals surface area contributed by atoms with E-state index in [1.807, 2.05) is 18.2 Å². The Kier molecular flexibility index (Phi) is 5.97.